The summed E-state index contributed by atoms with van der Waals surface area (Å²) in [6.07, 6.45) is 18.3. The highest BCUT2D eigenvalue weighted by atomic mass is 14.9. The van der Waals surface area contributed by atoms with E-state index < -0.39 is 0 Å². The first-order chi connectivity index (χ1) is 8.90. The summed E-state index contributed by atoms with van der Waals surface area (Å²) in [6.45, 7) is 3.37. The molecule has 1 fully saturated rings. The van der Waals surface area contributed by atoms with Gasteiger partial charge in [0.15, 0.2) is 0 Å². The van der Waals surface area contributed by atoms with Gasteiger partial charge in [0, 0.05) is 6.04 Å². The molecule has 0 heterocycles. The number of hydrogen-bond acceptors (Lipinski definition) is 1. The quantitative estimate of drug-likeness (QED) is 0.544. The first-order valence-electron chi connectivity index (χ1n) is 8.32. The Bertz CT molecular complexity index is 248. The maximum absolute atomic E-state index is 3.75. The topological polar surface area (TPSA) is 12.0 Å². The standard InChI is InChI=1S/C17H31N/c1-2-18-17(16-12-8-5-9-13-16)14-15-10-6-3-4-7-11-15/h12,15,17-18H,2-11,13-14H2,1H3. The van der Waals surface area contributed by atoms with E-state index in [0.717, 1.165) is 12.5 Å². The van der Waals surface area contributed by atoms with E-state index in [1.54, 1.807) is 5.57 Å². The van der Waals surface area contributed by atoms with Gasteiger partial charge in [-0.1, -0.05) is 57.1 Å². The van der Waals surface area contributed by atoms with E-state index in [0.29, 0.717) is 6.04 Å². The lowest BCUT2D eigenvalue weighted by Gasteiger charge is -2.27. The van der Waals surface area contributed by atoms with Gasteiger partial charge in [-0.15, -0.1) is 0 Å². The van der Waals surface area contributed by atoms with Crippen LogP contribution in [0.2, 0.25) is 0 Å². The van der Waals surface area contributed by atoms with Gasteiger partial charge < -0.3 is 5.32 Å². The Morgan fingerprint density at radius 2 is 1.89 bits per heavy atom. The maximum Gasteiger partial charge on any atom is 0.0281 e. The molecule has 0 bridgehead atoms. The summed E-state index contributed by atoms with van der Waals surface area (Å²) in [5.74, 6) is 0.986. The minimum absolute atomic E-state index is 0.693. The van der Waals surface area contributed by atoms with Crippen LogP contribution < -0.4 is 5.32 Å². The summed E-state index contributed by atoms with van der Waals surface area (Å²) >= 11 is 0. The van der Waals surface area contributed by atoms with Gasteiger partial charge in [-0.3, -0.25) is 0 Å². The average molecular weight is 249 g/mol. The molecule has 1 heteroatoms. The van der Waals surface area contributed by atoms with Crippen molar-refractivity contribution in [3.05, 3.63) is 11.6 Å². The molecule has 18 heavy (non-hydrogen) atoms. The fourth-order valence-electron chi connectivity index (χ4n) is 3.72. The molecule has 0 aromatic heterocycles. The van der Waals surface area contributed by atoms with Crippen LogP contribution in [0.3, 0.4) is 0 Å². The molecule has 0 aliphatic heterocycles. The summed E-state index contributed by atoms with van der Waals surface area (Å²) in [6, 6.07) is 0.693. The van der Waals surface area contributed by atoms with Crippen molar-refractivity contribution in [1.29, 1.82) is 0 Å². The number of hydrogen-bond donors (Lipinski definition) is 1. The molecule has 1 atom stereocenters. The van der Waals surface area contributed by atoms with Gasteiger partial charge in [-0.25, -0.2) is 0 Å². The van der Waals surface area contributed by atoms with Gasteiger partial charge in [-0.05, 0) is 44.6 Å². The zero-order chi connectivity index (χ0) is 12.6. The van der Waals surface area contributed by atoms with Crippen LogP contribution >= 0.6 is 0 Å². The zero-order valence-electron chi connectivity index (χ0n) is 12.2. The van der Waals surface area contributed by atoms with Crippen molar-refractivity contribution >= 4 is 0 Å². The zero-order valence-corrected chi connectivity index (χ0v) is 12.2. The molecule has 0 saturated heterocycles. The molecule has 0 radical (unpaired) electrons. The highest BCUT2D eigenvalue weighted by Gasteiger charge is 2.21. The third kappa shape index (κ3) is 4.42. The van der Waals surface area contributed by atoms with E-state index in [1.807, 2.05) is 0 Å². The van der Waals surface area contributed by atoms with Gasteiger partial charge >= 0.3 is 0 Å². The average Bonchev–Trinajstić information content (AvgIpc) is 2.68. The molecule has 2 aliphatic carbocycles. The van der Waals surface area contributed by atoms with Crippen molar-refractivity contribution in [1.82, 2.24) is 5.32 Å². The number of nitrogens with one attached hydrogen (secondary N) is 1. The second-order valence-electron chi connectivity index (χ2n) is 6.23. The molecule has 0 spiro atoms. The van der Waals surface area contributed by atoms with Crippen molar-refractivity contribution in [2.75, 3.05) is 6.54 Å². The molecule has 1 saturated carbocycles. The molecule has 2 rings (SSSR count). The van der Waals surface area contributed by atoms with Crippen LogP contribution in [-0.4, -0.2) is 12.6 Å². The van der Waals surface area contributed by atoms with E-state index in [9.17, 15) is 0 Å². The van der Waals surface area contributed by atoms with Crippen LogP contribution in [0.5, 0.6) is 0 Å². The Hall–Kier alpha value is -0.300. The fraction of sp³-hybridized carbons (Fsp3) is 0.882. The molecule has 0 aromatic rings. The summed E-state index contributed by atoms with van der Waals surface area (Å²) in [5, 5.41) is 3.75. The fourth-order valence-corrected chi connectivity index (χ4v) is 3.72. The smallest absolute Gasteiger partial charge is 0.0281 e. The second-order valence-corrected chi connectivity index (χ2v) is 6.23. The molecule has 2 aliphatic rings. The van der Waals surface area contributed by atoms with Gasteiger partial charge in [0.1, 0.15) is 0 Å². The maximum atomic E-state index is 3.75. The predicted octanol–water partition coefficient (Wildman–Crippen LogP) is 4.83. The lowest BCUT2D eigenvalue weighted by Crippen LogP contribution is -2.33. The predicted molar refractivity (Wildman–Crippen MR) is 79.8 cm³/mol. The highest BCUT2D eigenvalue weighted by molar-refractivity contribution is 5.13. The lowest BCUT2D eigenvalue weighted by atomic mass is 9.85. The van der Waals surface area contributed by atoms with E-state index in [1.165, 1.54) is 70.6 Å². The van der Waals surface area contributed by atoms with Gasteiger partial charge in [-0.2, -0.15) is 0 Å². The minimum atomic E-state index is 0.693. The van der Waals surface area contributed by atoms with Crippen LogP contribution in [0.4, 0.5) is 0 Å². The molecule has 1 unspecified atom stereocenters. The van der Waals surface area contributed by atoms with Crippen LogP contribution in [0.25, 0.3) is 0 Å². The molecular weight excluding hydrogens is 218 g/mol. The van der Waals surface area contributed by atoms with Crippen molar-refractivity contribution < 1.29 is 0 Å². The van der Waals surface area contributed by atoms with Crippen molar-refractivity contribution in [3.63, 3.8) is 0 Å². The first kappa shape index (κ1) is 14.1. The SMILES string of the molecule is CCNC(CC1CCCCCC1)C1=CCCCC1. The van der Waals surface area contributed by atoms with Crippen molar-refractivity contribution in [3.8, 4) is 0 Å². The number of likely N-dealkylation sites (N-methyl/N-ethyl adjacent to an activating group) is 1. The Labute approximate surface area is 113 Å². The summed E-state index contributed by atoms with van der Waals surface area (Å²) in [4.78, 5) is 0. The Morgan fingerprint density at radius 3 is 2.50 bits per heavy atom. The van der Waals surface area contributed by atoms with Gasteiger partial charge in [0.25, 0.3) is 0 Å². The molecule has 0 aromatic carbocycles. The second kappa shape index (κ2) is 7.99. The molecule has 0 amide bonds. The minimum Gasteiger partial charge on any atom is -0.311 e. The van der Waals surface area contributed by atoms with Gasteiger partial charge in [0.05, 0.1) is 0 Å². The van der Waals surface area contributed by atoms with Crippen LogP contribution in [0, 0.1) is 5.92 Å². The summed E-state index contributed by atoms with van der Waals surface area (Å²) < 4.78 is 0. The van der Waals surface area contributed by atoms with E-state index in [-0.39, 0.29) is 0 Å². The molecule has 1 nitrogen and oxygen atoms in total. The Balaban J connectivity index is 1.89. The van der Waals surface area contributed by atoms with Crippen molar-refractivity contribution in [2.45, 2.75) is 83.6 Å². The first-order valence-corrected chi connectivity index (χ1v) is 8.32. The van der Waals surface area contributed by atoms with E-state index in [2.05, 4.69) is 18.3 Å². The summed E-state index contributed by atoms with van der Waals surface area (Å²) in [7, 11) is 0. The highest BCUT2D eigenvalue weighted by Crippen LogP contribution is 2.30. The van der Waals surface area contributed by atoms with Crippen LogP contribution in [0.15, 0.2) is 11.6 Å². The van der Waals surface area contributed by atoms with Gasteiger partial charge in [0.2, 0.25) is 0 Å². The van der Waals surface area contributed by atoms with Crippen LogP contribution in [0.1, 0.15) is 77.6 Å². The summed E-state index contributed by atoms with van der Waals surface area (Å²) in [5.41, 5.74) is 1.73. The van der Waals surface area contributed by atoms with Crippen molar-refractivity contribution in [2.24, 2.45) is 5.92 Å². The third-order valence-corrected chi connectivity index (χ3v) is 4.77. The number of rotatable bonds is 5. The van der Waals surface area contributed by atoms with E-state index in [4.69, 9.17) is 0 Å². The lowest BCUT2D eigenvalue weighted by molar-refractivity contribution is 0.370. The normalized spacial score (nSPS) is 24.4. The van der Waals surface area contributed by atoms with Crippen LogP contribution in [-0.2, 0) is 0 Å². The Kier molecular flexibility index (Phi) is 6.26. The molecule has 1 N–H and O–H groups in total. The third-order valence-electron chi connectivity index (χ3n) is 4.77. The largest absolute Gasteiger partial charge is 0.311 e. The molecule has 104 valence electrons. The van der Waals surface area contributed by atoms with E-state index >= 15 is 0 Å². The Morgan fingerprint density at radius 1 is 1.11 bits per heavy atom. The molecular formula is C17H31N. The number of allylic oxidation sites excluding steroid dienone is 1. The monoisotopic (exact) mass is 249 g/mol.